The lowest BCUT2D eigenvalue weighted by Crippen LogP contribution is -2.32. The fourth-order valence-electron chi connectivity index (χ4n) is 1.29. The van der Waals surface area contributed by atoms with Gasteiger partial charge in [-0.3, -0.25) is 4.79 Å². The van der Waals surface area contributed by atoms with Gasteiger partial charge < -0.3 is 20.7 Å². The Morgan fingerprint density at radius 1 is 1.71 bits per heavy atom. The first kappa shape index (κ1) is 13.5. The number of carboxylic acids is 1. The first-order valence-electron chi connectivity index (χ1n) is 4.60. The molecule has 7 heteroatoms. The van der Waals surface area contributed by atoms with Crippen LogP contribution in [0.5, 0.6) is 11.5 Å². The van der Waals surface area contributed by atoms with Gasteiger partial charge in [-0.1, -0.05) is 11.6 Å². The van der Waals surface area contributed by atoms with Gasteiger partial charge in [0.1, 0.15) is 11.9 Å². The zero-order chi connectivity index (χ0) is 13.2. The number of hydrogen-bond acceptors (Lipinski definition) is 4. The van der Waals surface area contributed by atoms with E-state index in [2.05, 4.69) is 0 Å². The number of halogens is 2. The lowest BCUT2D eigenvalue weighted by atomic mass is 10.0. The van der Waals surface area contributed by atoms with Crippen molar-refractivity contribution in [1.29, 1.82) is 0 Å². The molecule has 0 heterocycles. The maximum atomic E-state index is 13.6. The molecule has 94 valence electrons. The molecule has 0 aliphatic carbocycles. The summed E-state index contributed by atoms with van der Waals surface area (Å²) in [5.74, 6) is -2.74. The van der Waals surface area contributed by atoms with Gasteiger partial charge in [0.25, 0.3) is 0 Å². The average molecular weight is 264 g/mol. The number of hydrogen-bond donors (Lipinski definition) is 3. The van der Waals surface area contributed by atoms with Crippen LogP contribution in [-0.4, -0.2) is 29.3 Å². The van der Waals surface area contributed by atoms with Crippen molar-refractivity contribution < 1.29 is 24.1 Å². The number of phenols is 1. The number of aromatic hydroxyl groups is 1. The number of nitrogens with two attached hydrogens (primary N) is 1. The number of rotatable bonds is 4. The standard InChI is InChI=1S/C10H11ClFNO4/c1-17-7-3-5(11)8(12)4(9(7)14)2-6(13)10(15)16/h3,6,14H,2,13H2,1H3,(H,15,16). The molecule has 1 aromatic rings. The summed E-state index contributed by atoms with van der Waals surface area (Å²) in [6.07, 6.45) is -0.385. The molecule has 4 N–H and O–H groups in total. The van der Waals surface area contributed by atoms with Crippen LogP contribution in [0.15, 0.2) is 6.07 Å². The van der Waals surface area contributed by atoms with Gasteiger partial charge in [0.15, 0.2) is 11.5 Å². The van der Waals surface area contributed by atoms with Gasteiger partial charge in [0.05, 0.1) is 12.1 Å². The van der Waals surface area contributed by atoms with Crippen molar-refractivity contribution in [2.75, 3.05) is 7.11 Å². The van der Waals surface area contributed by atoms with Crippen LogP contribution in [0.3, 0.4) is 0 Å². The van der Waals surface area contributed by atoms with Crippen LogP contribution in [-0.2, 0) is 11.2 Å². The van der Waals surface area contributed by atoms with Crippen molar-refractivity contribution in [3.8, 4) is 11.5 Å². The molecular weight excluding hydrogens is 253 g/mol. The summed E-state index contributed by atoms with van der Waals surface area (Å²) in [5.41, 5.74) is 4.99. The van der Waals surface area contributed by atoms with Crippen LogP contribution in [0, 0.1) is 5.82 Å². The third kappa shape index (κ3) is 2.78. The Morgan fingerprint density at radius 3 is 2.76 bits per heavy atom. The monoisotopic (exact) mass is 263 g/mol. The summed E-state index contributed by atoms with van der Waals surface area (Å²) < 4.78 is 18.4. The molecule has 0 radical (unpaired) electrons. The molecule has 0 bridgehead atoms. The molecule has 17 heavy (non-hydrogen) atoms. The minimum atomic E-state index is -1.33. The van der Waals surface area contributed by atoms with E-state index in [1.807, 2.05) is 0 Å². The van der Waals surface area contributed by atoms with E-state index in [9.17, 15) is 14.3 Å². The second kappa shape index (κ2) is 5.20. The van der Waals surface area contributed by atoms with Crippen LogP contribution in [0.4, 0.5) is 4.39 Å². The highest BCUT2D eigenvalue weighted by atomic mass is 35.5. The highest BCUT2D eigenvalue weighted by molar-refractivity contribution is 6.31. The Hall–Kier alpha value is -1.53. The number of phenolic OH excluding ortho intramolecular Hbond substituents is 1. The third-order valence-electron chi connectivity index (χ3n) is 2.21. The van der Waals surface area contributed by atoms with E-state index >= 15 is 0 Å². The zero-order valence-electron chi connectivity index (χ0n) is 8.91. The van der Waals surface area contributed by atoms with E-state index < -0.39 is 23.6 Å². The van der Waals surface area contributed by atoms with Crippen molar-refractivity contribution >= 4 is 17.6 Å². The predicted molar refractivity (Wildman–Crippen MR) is 58.9 cm³/mol. The summed E-state index contributed by atoms with van der Waals surface area (Å²) in [7, 11) is 1.27. The van der Waals surface area contributed by atoms with Gasteiger partial charge in [-0.15, -0.1) is 0 Å². The van der Waals surface area contributed by atoms with Crippen molar-refractivity contribution in [2.24, 2.45) is 5.73 Å². The molecule has 1 unspecified atom stereocenters. The van der Waals surface area contributed by atoms with Crippen LogP contribution in [0.2, 0.25) is 5.02 Å². The summed E-state index contributed by atoms with van der Waals surface area (Å²) in [6, 6.07) is -0.235. The number of carbonyl (C=O) groups is 1. The molecule has 0 aliphatic heterocycles. The fourth-order valence-corrected chi connectivity index (χ4v) is 1.51. The minimum Gasteiger partial charge on any atom is -0.504 e. The maximum Gasteiger partial charge on any atom is 0.320 e. The fraction of sp³-hybridized carbons (Fsp3) is 0.300. The van der Waals surface area contributed by atoms with Crippen molar-refractivity contribution in [2.45, 2.75) is 12.5 Å². The summed E-state index contributed by atoms with van der Waals surface area (Å²) in [6.45, 7) is 0. The van der Waals surface area contributed by atoms with E-state index in [0.717, 1.165) is 6.07 Å². The van der Waals surface area contributed by atoms with Crippen molar-refractivity contribution in [1.82, 2.24) is 0 Å². The topological polar surface area (TPSA) is 92.8 Å². The quantitative estimate of drug-likeness (QED) is 0.758. The molecule has 0 aliphatic rings. The molecule has 0 saturated carbocycles. The summed E-state index contributed by atoms with van der Waals surface area (Å²) >= 11 is 5.58. The molecule has 0 fully saturated rings. The Kier molecular flexibility index (Phi) is 4.14. The van der Waals surface area contributed by atoms with Gasteiger partial charge in [-0.2, -0.15) is 0 Å². The first-order chi connectivity index (χ1) is 7.88. The maximum absolute atomic E-state index is 13.6. The predicted octanol–water partition coefficient (Wildman–Crippen LogP) is 1.15. The van der Waals surface area contributed by atoms with Gasteiger partial charge >= 0.3 is 5.97 Å². The van der Waals surface area contributed by atoms with Crippen LogP contribution in [0.25, 0.3) is 0 Å². The van der Waals surface area contributed by atoms with Gasteiger partial charge in [0, 0.05) is 18.1 Å². The summed E-state index contributed by atoms with van der Waals surface area (Å²) in [4.78, 5) is 10.6. The Labute approximate surface area is 102 Å². The van der Waals surface area contributed by atoms with Gasteiger partial charge in [-0.05, 0) is 0 Å². The van der Waals surface area contributed by atoms with Gasteiger partial charge in [-0.25, -0.2) is 4.39 Å². The lowest BCUT2D eigenvalue weighted by molar-refractivity contribution is -0.138. The second-order valence-corrected chi connectivity index (χ2v) is 3.76. The number of ether oxygens (including phenoxy) is 1. The third-order valence-corrected chi connectivity index (χ3v) is 2.49. The highest BCUT2D eigenvalue weighted by Crippen LogP contribution is 2.36. The SMILES string of the molecule is COc1cc(Cl)c(F)c(CC(N)C(=O)O)c1O. The molecular formula is C10H11ClFNO4. The molecule has 0 saturated heterocycles. The number of aliphatic carboxylic acids is 1. The van der Waals surface area contributed by atoms with E-state index in [4.69, 9.17) is 27.2 Å². The van der Waals surface area contributed by atoms with E-state index in [1.165, 1.54) is 7.11 Å². The number of methoxy groups -OCH3 is 1. The first-order valence-corrected chi connectivity index (χ1v) is 4.98. The van der Waals surface area contributed by atoms with Gasteiger partial charge in [0.2, 0.25) is 0 Å². The Bertz CT molecular complexity index is 452. The molecule has 1 rings (SSSR count). The second-order valence-electron chi connectivity index (χ2n) is 3.35. The lowest BCUT2D eigenvalue weighted by Gasteiger charge is -2.13. The Balaban J connectivity index is 3.22. The smallest absolute Gasteiger partial charge is 0.320 e. The summed E-state index contributed by atoms with van der Waals surface area (Å²) in [5, 5.41) is 18.0. The number of benzene rings is 1. The molecule has 0 spiro atoms. The van der Waals surface area contributed by atoms with E-state index in [-0.39, 0.29) is 22.8 Å². The van der Waals surface area contributed by atoms with Crippen LogP contribution >= 0.6 is 11.6 Å². The molecule has 5 nitrogen and oxygen atoms in total. The highest BCUT2D eigenvalue weighted by Gasteiger charge is 2.22. The molecule has 0 aromatic heterocycles. The van der Waals surface area contributed by atoms with Crippen molar-refractivity contribution in [3.05, 3.63) is 22.5 Å². The van der Waals surface area contributed by atoms with E-state index in [0.29, 0.717) is 0 Å². The normalized spacial score (nSPS) is 12.2. The molecule has 1 aromatic carbocycles. The zero-order valence-corrected chi connectivity index (χ0v) is 9.66. The minimum absolute atomic E-state index is 0.0380. The Morgan fingerprint density at radius 2 is 2.29 bits per heavy atom. The van der Waals surface area contributed by atoms with Crippen molar-refractivity contribution in [3.63, 3.8) is 0 Å². The average Bonchev–Trinajstić information content (AvgIpc) is 2.28. The largest absolute Gasteiger partial charge is 0.504 e. The van der Waals surface area contributed by atoms with Crippen LogP contribution in [0.1, 0.15) is 5.56 Å². The van der Waals surface area contributed by atoms with Crippen LogP contribution < -0.4 is 10.5 Å². The van der Waals surface area contributed by atoms with E-state index in [1.54, 1.807) is 0 Å². The number of carboxylic acid groups (broad SMARTS) is 1. The molecule has 0 amide bonds. The molecule has 1 atom stereocenters.